The number of fused-ring (bicyclic) bond motifs is 1. The summed E-state index contributed by atoms with van der Waals surface area (Å²) in [6.45, 7) is 0. The van der Waals surface area contributed by atoms with Crippen molar-refractivity contribution in [1.29, 1.82) is 0 Å². The molecule has 3 heteroatoms. The summed E-state index contributed by atoms with van der Waals surface area (Å²) in [5, 5.41) is 0.662. The molecule has 0 aliphatic heterocycles. The average molecular weight is 349 g/mol. The molecule has 1 aliphatic rings. The Morgan fingerprint density at radius 2 is 2.05 bits per heavy atom. The summed E-state index contributed by atoms with van der Waals surface area (Å²) in [6.07, 6.45) is 3.25. The maximum Gasteiger partial charge on any atom is 0.123 e. The second kappa shape index (κ2) is 6.71. The third-order valence-electron chi connectivity index (χ3n) is 4.00. The van der Waals surface area contributed by atoms with Crippen molar-refractivity contribution < 1.29 is 9.13 Å². The maximum atomic E-state index is 13.4. The van der Waals surface area contributed by atoms with E-state index in [1.807, 2.05) is 6.07 Å². The Morgan fingerprint density at radius 3 is 2.86 bits per heavy atom. The van der Waals surface area contributed by atoms with Gasteiger partial charge in [0.25, 0.3) is 0 Å². The zero-order valence-electron chi connectivity index (χ0n) is 11.8. The van der Waals surface area contributed by atoms with Gasteiger partial charge in [-0.15, -0.1) is 0 Å². The van der Waals surface area contributed by atoms with Crippen LogP contribution in [-0.4, -0.2) is 5.33 Å². The second-order valence-corrected chi connectivity index (χ2v) is 6.06. The van der Waals surface area contributed by atoms with Gasteiger partial charge < -0.3 is 4.74 Å². The quantitative estimate of drug-likeness (QED) is 0.676. The van der Waals surface area contributed by atoms with Crippen molar-refractivity contribution in [2.75, 3.05) is 5.33 Å². The van der Waals surface area contributed by atoms with Gasteiger partial charge in [-0.1, -0.05) is 52.3 Å². The maximum absolute atomic E-state index is 13.4. The number of benzene rings is 2. The summed E-state index contributed by atoms with van der Waals surface area (Å²) < 4.78 is 19.7. The lowest BCUT2D eigenvalue weighted by atomic mass is 9.89. The molecule has 0 heterocycles. The highest BCUT2D eigenvalue weighted by atomic mass is 79.9. The molecule has 0 fully saturated rings. The highest BCUT2D eigenvalue weighted by molar-refractivity contribution is 9.09. The van der Waals surface area contributed by atoms with E-state index < -0.39 is 0 Å². The lowest BCUT2D eigenvalue weighted by Crippen LogP contribution is -2.16. The Balaban J connectivity index is 1.82. The lowest BCUT2D eigenvalue weighted by Gasteiger charge is -2.29. The normalized spacial score (nSPS) is 19.0. The van der Waals surface area contributed by atoms with Crippen LogP contribution in [-0.2, 0) is 11.2 Å². The first-order valence-corrected chi connectivity index (χ1v) is 8.45. The van der Waals surface area contributed by atoms with Gasteiger partial charge in [-0.3, -0.25) is 0 Å². The summed E-state index contributed by atoms with van der Waals surface area (Å²) in [5.74, 6) is -0.217. The van der Waals surface area contributed by atoms with Gasteiger partial charge >= 0.3 is 0 Å². The zero-order chi connectivity index (χ0) is 14.7. The number of rotatable bonds is 4. The Hall–Kier alpha value is -1.19. The highest BCUT2D eigenvalue weighted by Crippen LogP contribution is 2.36. The second-order valence-electron chi connectivity index (χ2n) is 5.41. The van der Waals surface area contributed by atoms with E-state index in [1.165, 1.54) is 17.2 Å². The minimum Gasteiger partial charge on any atom is -0.365 e. The molecule has 1 nitrogen and oxygen atoms in total. The standard InChI is InChI=1S/C18H18BrFO/c19-12-18(14-7-3-8-15(20)11-14)21-17-10-4-6-13-5-1-2-9-16(13)17/h1-3,5,7-9,11,17-18H,4,6,10,12H2. The van der Waals surface area contributed by atoms with Crippen LogP contribution in [0, 0.1) is 5.82 Å². The van der Waals surface area contributed by atoms with Crippen molar-refractivity contribution >= 4 is 15.9 Å². The zero-order valence-corrected chi connectivity index (χ0v) is 13.4. The van der Waals surface area contributed by atoms with E-state index in [4.69, 9.17) is 4.74 Å². The van der Waals surface area contributed by atoms with Crippen LogP contribution in [0.5, 0.6) is 0 Å². The molecule has 3 rings (SSSR count). The van der Waals surface area contributed by atoms with Crippen molar-refractivity contribution in [3.8, 4) is 0 Å². The van der Waals surface area contributed by atoms with E-state index in [2.05, 4.69) is 40.2 Å². The fraction of sp³-hybridized carbons (Fsp3) is 0.333. The van der Waals surface area contributed by atoms with Gasteiger partial charge in [0.2, 0.25) is 0 Å². The van der Waals surface area contributed by atoms with Crippen LogP contribution in [0.15, 0.2) is 48.5 Å². The molecule has 2 atom stereocenters. The van der Waals surface area contributed by atoms with Gasteiger partial charge in [0, 0.05) is 5.33 Å². The summed E-state index contributed by atoms with van der Waals surface area (Å²) in [6, 6.07) is 15.1. The van der Waals surface area contributed by atoms with Crippen molar-refractivity contribution in [3.63, 3.8) is 0 Å². The average Bonchev–Trinajstić information content (AvgIpc) is 2.52. The molecule has 0 radical (unpaired) electrons. The van der Waals surface area contributed by atoms with Crippen LogP contribution in [0.2, 0.25) is 0 Å². The van der Waals surface area contributed by atoms with Crippen molar-refractivity contribution in [1.82, 2.24) is 0 Å². The van der Waals surface area contributed by atoms with Crippen molar-refractivity contribution in [2.24, 2.45) is 0 Å². The van der Waals surface area contributed by atoms with Crippen LogP contribution in [0.1, 0.15) is 41.7 Å². The molecule has 21 heavy (non-hydrogen) atoms. The Bertz CT molecular complexity index is 614. The van der Waals surface area contributed by atoms with E-state index >= 15 is 0 Å². The summed E-state index contributed by atoms with van der Waals surface area (Å²) in [4.78, 5) is 0. The SMILES string of the molecule is Fc1cccc(C(CBr)OC2CCCc3ccccc32)c1. The van der Waals surface area contributed by atoms with Crippen LogP contribution < -0.4 is 0 Å². The third kappa shape index (κ3) is 3.35. The van der Waals surface area contributed by atoms with E-state index in [-0.39, 0.29) is 18.0 Å². The molecule has 0 aromatic heterocycles. The van der Waals surface area contributed by atoms with Crippen LogP contribution in [0.25, 0.3) is 0 Å². The van der Waals surface area contributed by atoms with E-state index in [1.54, 1.807) is 12.1 Å². The first-order chi connectivity index (χ1) is 10.3. The van der Waals surface area contributed by atoms with Gasteiger partial charge in [0.1, 0.15) is 5.82 Å². The third-order valence-corrected chi connectivity index (χ3v) is 4.59. The number of hydrogen-bond donors (Lipinski definition) is 0. The molecule has 2 unspecified atom stereocenters. The molecule has 0 N–H and O–H groups in total. The molecule has 2 aromatic carbocycles. The number of alkyl halides is 1. The number of halogens is 2. The summed E-state index contributed by atoms with van der Waals surface area (Å²) in [5.41, 5.74) is 3.54. The Labute approximate surface area is 133 Å². The van der Waals surface area contributed by atoms with E-state index in [9.17, 15) is 4.39 Å². The minimum atomic E-state index is -0.217. The van der Waals surface area contributed by atoms with Gasteiger partial charge in [0.05, 0.1) is 12.2 Å². The van der Waals surface area contributed by atoms with E-state index in [0.717, 1.165) is 24.8 Å². The Kier molecular flexibility index (Phi) is 4.71. The highest BCUT2D eigenvalue weighted by Gasteiger charge is 2.24. The van der Waals surface area contributed by atoms with Gasteiger partial charge in [0.15, 0.2) is 0 Å². The van der Waals surface area contributed by atoms with Crippen molar-refractivity contribution in [2.45, 2.75) is 31.5 Å². The Morgan fingerprint density at radius 1 is 1.19 bits per heavy atom. The predicted molar refractivity (Wildman–Crippen MR) is 86.1 cm³/mol. The smallest absolute Gasteiger partial charge is 0.123 e. The predicted octanol–water partition coefficient (Wildman–Crippen LogP) is 5.36. The van der Waals surface area contributed by atoms with Crippen LogP contribution in [0.3, 0.4) is 0 Å². The number of aryl methyl sites for hydroxylation is 1. The summed E-state index contributed by atoms with van der Waals surface area (Å²) >= 11 is 3.50. The van der Waals surface area contributed by atoms with Crippen LogP contribution >= 0.6 is 15.9 Å². The van der Waals surface area contributed by atoms with Crippen molar-refractivity contribution in [3.05, 3.63) is 71.0 Å². The molecule has 0 bridgehead atoms. The molecule has 0 saturated carbocycles. The molecular weight excluding hydrogens is 331 g/mol. The first-order valence-electron chi connectivity index (χ1n) is 7.32. The number of ether oxygens (including phenoxy) is 1. The minimum absolute atomic E-state index is 0.0979. The molecule has 0 saturated heterocycles. The van der Waals surface area contributed by atoms with Gasteiger partial charge in [-0.2, -0.15) is 0 Å². The molecule has 0 spiro atoms. The lowest BCUT2D eigenvalue weighted by molar-refractivity contribution is -0.0111. The molecule has 0 amide bonds. The molecule has 110 valence electrons. The van der Waals surface area contributed by atoms with Gasteiger partial charge in [-0.05, 0) is 48.1 Å². The van der Waals surface area contributed by atoms with Gasteiger partial charge in [-0.25, -0.2) is 4.39 Å². The molecule has 2 aromatic rings. The van der Waals surface area contributed by atoms with Crippen LogP contribution in [0.4, 0.5) is 4.39 Å². The monoisotopic (exact) mass is 348 g/mol. The fourth-order valence-corrected chi connectivity index (χ4v) is 3.49. The largest absolute Gasteiger partial charge is 0.365 e. The van der Waals surface area contributed by atoms with E-state index in [0.29, 0.717) is 5.33 Å². The molecular formula is C18H18BrFO. The molecule has 1 aliphatic carbocycles. The first kappa shape index (κ1) is 14.7. The topological polar surface area (TPSA) is 9.23 Å². The fourth-order valence-electron chi connectivity index (χ4n) is 2.96. The number of hydrogen-bond acceptors (Lipinski definition) is 1. The summed E-state index contributed by atoms with van der Waals surface area (Å²) in [7, 11) is 0.